The van der Waals surface area contributed by atoms with Crippen LogP contribution in [0.4, 0.5) is 0 Å². The molecule has 0 saturated carbocycles. The lowest BCUT2D eigenvalue weighted by Gasteiger charge is -2.07. The van der Waals surface area contributed by atoms with Gasteiger partial charge in [-0.2, -0.15) is 0 Å². The predicted octanol–water partition coefficient (Wildman–Crippen LogP) is 4.70. The van der Waals surface area contributed by atoms with Gasteiger partial charge in [-0.15, -0.1) is 0 Å². The molecular formula is C17H14O2. The smallest absolute Gasteiger partial charge is 0.127 e. The number of benzene rings is 2. The number of ether oxygens (including phenoxy) is 2. The molecular weight excluding hydrogens is 236 g/mol. The van der Waals surface area contributed by atoms with Gasteiger partial charge in [0, 0.05) is 0 Å². The topological polar surface area (TPSA) is 18.5 Å². The van der Waals surface area contributed by atoms with Crippen LogP contribution in [0.2, 0.25) is 0 Å². The maximum Gasteiger partial charge on any atom is 0.127 e. The van der Waals surface area contributed by atoms with Crippen LogP contribution in [-0.4, -0.2) is 0 Å². The van der Waals surface area contributed by atoms with E-state index in [9.17, 15) is 0 Å². The Hall–Kier alpha value is -2.48. The molecule has 2 nitrogen and oxygen atoms in total. The van der Waals surface area contributed by atoms with Crippen molar-refractivity contribution in [3.8, 4) is 17.2 Å². The summed E-state index contributed by atoms with van der Waals surface area (Å²) in [7, 11) is 0. The first-order valence-electron chi connectivity index (χ1n) is 6.28. The van der Waals surface area contributed by atoms with Crippen molar-refractivity contribution in [1.82, 2.24) is 0 Å². The summed E-state index contributed by atoms with van der Waals surface area (Å²) in [5.74, 6) is 3.35. The van der Waals surface area contributed by atoms with Gasteiger partial charge in [-0.25, -0.2) is 0 Å². The summed E-state index contributed by atoms with van der Waals surface area (Å²) >= 11 is 0. The zero-order valence-corrected chi connectivity index (χ0v) is 10.5. The fraction of sp³-hybridized carbons (Fsp3) is 0.0588. The molecule has 0 spiro atoms. The Morgan fingerprint density at radius 1 is 0.684 bits per heavy atom. The molecule has 1 aliphatic rings. The van der Waals surface area contributed by atoms with Crippen LogP contribution in [0.15, 0.2) is 78.6 Å². The molecule has 94 valence electrons. The van der Waals surface area contributed by atoms with Crippen molar-refractivity contribution >= 4 is 0 Å². The minimum absolute atomic E-state index is 0.800. The van der Waals surface area contributed by atoms with E-state index in [0.717, 1.165) is 29.4 Å². The second kappa shape index (κ2) is 5.44. The number of allylic oxidation sites excluding steroid dienone is 3. The second-order valence-corrected chi connectivity index (χ2v) is 4.23. The number of hydrogen-bond acceptors (Lipinski definition) is 2. The molecule has 0 atom stereocenters. The van der Waals surface area contributed by atoms with Gasteiger partial charge in [0.25, 0.3) is 0 Å². The van der Waals surface area contributed by atoms with Gasteiger partial charge < -0.3 is 9.47 Å². The largest absolute Gasteiger partial charge is 0.458 e. The fourth-order valence-corrected chi connectivity index (χ4v) is 1.85. The van der Waals surface area contributed by atoms with Gasteiger partial charge in [0.05, 0.1) is 0 Å². The van der Waals surface area contributed by atoms with Crippen molar-refractivity contribution in [3.63, 3.8) is 0 Å². The van der Waals surface area contributed by atoms with E-state index < -0.39 is 0 Å². The number of hydrogen-bond donors (Lipinski definition) is 0. The van der Waals surface area contributed by atoms with E-state index in [0.29, 0.717) is 0 Å². The maximum absolute atomic E-state index is 5.72. The van der Waals surface area contributed by atoms with E-state index >= 15 is 0 Å². The van der Waals surface area contributed by atoms with E-state index in [1.807, 2.05) is 66.7 Å². The fourth-order valence-electron chi connectivity index (χ4n) is 1.85. The summed E-state index contributed by atoms with van der Waals surface area (Å²) in [6, 6.07) is 17.3. The summed E-state index contributed by atoms with van der Waals surface area (Å²) < 4.78 is 11.4. The highest BCUT2D eigenvalue weighted by molar-refractivity contribution is 5.37. The molecule has 0 saturated heterocycles. The molecule has 0 radical (unpaired) electrons. The third-order valence-corrected chi connectivity index (χ3v) is 2.78. The predicted molar refractivity (Wildman–Crippen MR) is 75.4 cm³/mol. The van der Waals surface area contributed by atoms with Gasteiger partial charge in [-0.05, 0) is 55.0 Å². The highest BCUT2D eigenvalue weighted by atomic mass is 16.5. The average Bonchev–Trinajstić information content (AvgIpc) is 2.95. The van der Waals surface area contributed by atoms with Crippen molar-refractivity contribution < 1.29 is 9.47 Å². The molecule has 19 heavy (non-hydrogen) atoms. The lowest BCUT2D eigenvalue weighted by molar-refractivity contribution is 0.441. The second-order valence-electron chi connectivity index (χ2n) is 4.23. The first-order valence-corrected chi connectivity index (χ1v) is 6.28. The SMILES string of the molecule is C1=CC(Oc2ccc(Oc3ccccc3)cc2)=CC1. The van der Waals surface area contributed by atoms with Crippen LogP contribution in [0.1, 0.15) is 6.42 Å². The average molecular weight is 250 g/mol. The molecule has 0 aromatic heterocycles. The Kier molecular flexibility index (Phi) is 3.32. The number of rotatable bonds is 4. The van der Waals surface area contributed by atoms with Gasteiger partial charge in [0.15, 0.2) is 0 Å². The molecule has 0 bridgehead atoms. The summed E-state index contributed by atoms with van der Waals surface area (Å²) in [6.45, 7) is 0. The number of para-hydroxylation sites is 1. The highest BCUT2D eigenvalue weighted by Gasteiger charge is 2.02. The van der Waals surface area contributed by atoms with Crippen molar-refractivity contribution in [1.29, 1.82) is 0 Å². The van der Waals surface area contributed by atoms with Crippen LogP contribution in [0.25, 0.3) is 0 Å². The van der Waals surface area contributed by atoms with Crippen LogP contribution >= 0.6 is 0 Å². The summed E-state index contributed by atoms with van der Waals surface area (Å²) in [6.07, 6.45) is 7.05. The van der Waals surface area contributed by atoms with Gasteiger partial charge in [0.2, 0.25) is 0 Å². The molecule has 0 N–H and O–H groups in total. The lowest BCUT2D eigenvalue weighted by Crippen LogP contribution is -1.90. The first-order chi connectivity index (χ1) is 9.40. The monoisotopic (exact) mass is 250 g/mol. The van der Waals surface area contributed by atoms with E-state index in [4.69, 9.17) is 9.47 Å². The Bertz CT molecular complexity index is 595. The van der Waals surface area contributed by atoms with E-state index in [1.165, 1.54) is 0 Å². The molecule has 0 aliphatic heterocycles. The molecule has 0 unspecified atom stereocenters. The van der Waals surface area contributed by atoms with Crippen LogP contribution in [-0.2, 0) is 0 Å². The van der Waals surface area contributed by atoms with Gasteiger partial charge >= 0.3 is 0 Å². The molecule has 1 aliphatic carbocycles. The Balaban J connectivity index is 1.67. The summed E-state index contributed by atoms with van der Waals surface area (Å²) in [5.41, 5.74) is 0. The van der Waals surface area contributed by atoms with Crippen molar-refractivity contribution in [2.75, 3.05) is 0 Å². The van der Waals surface area contributed by atoms with Crippen LogP contribution in [0, 0.1) is 0 Å². The molecule has 0 amide bonds. The highest BCUT2D eigenvalue weighted by Crippen LogP contribution is 2.25. The van der Waals surface area contributed by atoms with Crippen molar-refractivity contribution in [3.05, 3.63) is 78.6 Å². The normalized spacial score (nSPS) is 13.2. The maximum atomic E-state index is 5.72. The van der Waals surface area contributed by atoms with Crippen LogP contribution in [0.3, 0.4) is 0 Å². The van der Waals surface area contributed by atoms with Crippen molar-refractivity contribution in [2.24, 2.45) is 0 Å². The first kappa shape index (κ1) is 11.6. The zero-order valence-electron chi connectivity index (χ0n) is 10.5. The third kappa shape index (κ3) is 3.05. The Morgan fingerprint density at radius 2 is 1.32 bits per heavy atom. The zero-order chi connectivity index (χ0) is 12.9. The van der Waals surface area contributed by atoms with Crippen LogP contribution in [0.5, 0.6) is 17.2 Å². The Morgan fingerprint density at radius 3 is 1.95 bits per heavy atom. The molecule has 2 aromatic rings. The minimum Gasteiger partial charge on any atom is -0.458 e. The summed E-state index contributed by atoms with van der Waals surface area (Å²) in [4.78, 5) is 0. The standard InChI is InChI=1S/C17H14O2/c1-2-6-14(7-3-1)18-16-10-12-17(13-11-16)19-15-8-4-5-9-15/h1-4,6-13H,5H2. The van der Waals surface area contributed by atoms with E-state index in [-0.39, 0.29) is 0 Å². The minimum atomic E-state index is 0.800. The molecule has 0 fully saturated rings. The molecule has 3 rings (SSSR count). The Labute approximate surface area is 112 Å². The molecule has 2 aromatic carbocycles. The van der Waals surface area contributed by atoms with Crippen LogP contribution < -0.4 is 9.47 Å². The van der Waals surface area contributed by atoms with Gasteiger partial charge in [0.1, 0.15) is 23.0 Å². The third-order valence-electron chi connectivity index (χ3n) is 2.78. The molecule has 0 heterocycles. The van der Waals surface area contributed by atoms with Gasteiger partial charge in [-0.3, -0.25) is 0 Å². The van der Waals surface area contributed by atoms with Crippen molar-refractivity contribution in [2.45, 2.75) is 6.42 Å². The quantitative estimate of drug-likeness (QED) is 0.783. The van der Waals surface area contributed by atoms with E-state index in [2.05, 4.69) is 6.08 Å². The summed E-state index contributed by atoms with van der Waals surface area (Å²) in [5, 5.41) is 0. The molecule has 2 heteroatoms. The van der Waals surface area contributed by atoms with Gasteiger partial charge in [-0.1, -0.05) is 24.3 Å². The lowest BCUT2D eigenvalue weighted by atomic mass is 10.3. The van der Waals surface area contributed by atoms with E-state index in [1.54, 1.807) is 0 Å².